The molecule has 208 valence electrons. The lowest BCUT2D eigenvalue weighted by molar-refractivity contribution is -0.287. The van der Waals surface area contributed by atoms with Gasteiger partial charge in [0.25, 0.3) is 11.5 Å². The Labute approximate surface area is 207 Å². The molecule has 0 aromatic carbocycles. The summed E-state index contributed by atoms with van der Waals surface area (Å²) in [6.45, 7) is -0.371. The molecule has 2 aliphatic heterocycles. The number of rotatable bonds is 8. The number of aliphatic hydroxyl groups excluding tert-OH is 6. The molecule has 10 atom stereocenters. The van der Waals surface area contributed by atoms with Crippen LogP contribution in [0.4, 0.5) is 0 Å². The van der Waals surface area contributed by atoms with Gasteiger partial charge in [-0.25, -0.2) is 4.79 Å². The molecule has 0 saturated carbocycles. The van der Waals surface area contributed by atoms with E-state index in [1.54, 1.807) is 0 Å². The number of aromatic nitrogens is 2. The van der Waals surface area contributed by atoms with Crippen molar-refractivity contribution in [3.05, 3.63) is 33.1 Å². The Morgan fingerprint density at radius 1 is 1.24 bits per heavy atom. The Morgan fingerprint density at radius 2 is 1.92 bits per heavy atom. The fourth-order valence-corrected chi connectivity index (χ4v) is 4.23. The molecule has 1 aromatic rings. The summed E-state index contributed by atoms with van der Waals surface area (Å²) in [4.78, 5) is 49.6. The number of hydrogen-bond acceptors (Lipinski definition) is 13. The molecular weight excluding hydrogens is 504 g/mol. The summed E-state index contributed by atoms with van der Waals surface area (Å²) in [5.41, 5.74) is -1.62. The highest BCUT2D eigenvalue weighted by atomic mass is 16.6. The number of aliphatic hydroxyl groups is 7. The third-order valence-electron chi connectivity index (χ3n) is 6.15. The Kier molecular flexibility index (Phi) is 8.83. The molecule has 10 N–H and O–H groups in total. The molecule has 37 heavy (non-hydrogen) atoms. The van der Waals surface area contributed by atoms with Crippen molar-refractivity contribution >= 4 is 11.8 Å². The Hall–Kier alpha value is -2.74. The quantitative estimate of drug-likeness (QED) is 0.149. The standard InChI is InChI=1S/C20H30N4O13/c1-7(26)22-12-8(27)4-20(35,37-16(12)13(30)9(28)6-25)18(33)21-5-10-14(31)15(32)17(36-10)24-3-2-11(29)23-19(24)34/h2-3,8-10,12-17,25,27-28,30-32,35H,4-6H2,1H3,(H,21,33)(H,22,26)(H,23,29,34)/t8-,9+,10+,12+,13+,14+,15-,16+,17+,20-/m0/s1. The maximum absolute atomic E-state index is 12.8. The van der Waals surface area contributed by atoms with Gasteiger partial charge in [-0.3, -0.25) is 23.9 Å². The molecule has 2 aliphatic rings. The second kappa shape index (κ2) is 11.3. The summed E-state index contributed by atoms with van der Waals surface area (Å²) in [6, 6.07) is -0.374. The molecule has 17 nitrogen and oxygen atoms in total. The first kappa shape index (κ1) is 28.8. The van der Waals surface area contributed by atoms with Crippen molar-refractivity contribution in [2.24, 2.45) is 0 Å². The lowest BCUT2D eigenvalue weighted by atomic mass is 9.88. The number of H-pyrrole nitrogens is 1. The highest BCUT2D eigenvalue weighted by Gasteiger charge is 2.54. The van der Waals surface area contributed by atoms with Gasteiger partial charge in [0.2, 0.25) is 11.7 Å². The number of carbonyl (C=O) groups is 2. The van der Waals surface area contributed by atoms with E-state index in [9.17, 15) is 49.8 Å². The van der Waals surface area contributed by atoms with E-state index in [2.05, 4.69) is 10.6 Å². The molecule has 2 amide bonds. The first-order chi connectivity index (χ1) is 17.3. The van der Waals surface area contributed by atoms with Crippen LogP contribution in [0.25, 0.3) is 0 Å². The van der Waals surface area contributed by atoms with Crippen molar-refractivity contribution in [2.75, 3.05) is 13.2 Å². The first-order valence-electron chi connectivity index (χ1n) is 11.2. The van der Waals surface area contributed by atoms with Gasteiger partial charge in [0.05, 0.1) is 18.8 Å². The van der Waals surface area contributed by atoms with Crippen molar-refractivity contribution < 1.29 is 54.8 Å². The number of ether oxygens (including phenoxy) is 2. The third-order valence-corrected chi connectivity index (χ3v) is 6.15. The Morgan fingerprint density at radius 3 is 2.51 bits per heavy atom. The SMILES string of the molecule is CC(=O)N[C@H]1[C@H]([C@H](O)[C@H](O)CO)O[C@](O)(C(=O)NC[C@H]2O[C@@H](n3ccc(=O)[nH]c3=O)[C@@H](O)[C@@H]2O)C[C@@H]1O. The molecular formula is C20H30N4O13. The van der Waals surface area contributed by atoms with Crippen LogP contribution >= 0.6 is 0 Å². The maximum atomic E-state index is 12.8. The van der Waals surface area contributed by atoms with Crippen molar-refractivity contribution in [3.63, 3.8) is 0 Å². The first-order valence-corrected chi connectivity index (χ1v) is 11.2. The zero-order chi connectivity index (χ0) is 27.7. The smallest absolute Gasteiger partial charge is 0.330 e. The molecule has 17 heteroatoms. The van der Waals surface area contributed by atoms with Crippen molar-refractivity contribution in [1.82, 2.24) is 20.2 Å². The minimum Gasteiger partial charge on any atom is -0.394 e. The number of carbonyl (C=O) groups excluding carboxylic acids is 2. The highest BCUT2D eigenvalue weighted by Crippen LogP contribution is 2.31. The highest BCUT2D eigenvalue weighted by molar-refractivity contribution is 5.83. The van der Waals surface area contributed by atoms with Gasteiger partial charge in [-0.05, 0) is 0 Å². The van der Waals surface area contributed by atoms with Crippen molar-refractivity contribution in [1.29, 1.82) is 0 Å². The van der Waals surface area contributed by atoms with E-state index in [1.807, 2.05) is 4.98 Å². The van der Waals surface area contributed by atoms with Gasteiger partial charge in [-0.2, -0.15) is 0 Å². The molecule has 1 aromatic heterocycles. The molecule has 3 rings (SSSR count). The van der Waals surface area contributed by atoms with E-state index in [1.165, 1.54) is 0 Å². The second-order valence-corrected chi connectivity index (χ2v) is 8.88. The van der Waals surface area contributed by atoms with E-state index in [0.29, 0.717) is 0 Å². The molecule has 2 saturated heterocycles. The molecule has 0 aliphatic carbocycles. The fourth-order valence-electron chi connectivity index (χ4n) is 4.23. The van der Waals surface area contributed by atoms with Gasteiger partial charge in [0, 0.05) is 32.2 Å². The van der Waals surface area contributed by atoms with Gasteiger partial charge in [0.1, 0.15) is 36.6 Å². The topological polar surface area (TPSA) is 273 Å². The number of amides is 2. The predicted octanol–water partition coefficient (Wildman–Crippen LogP) is -6.67. The Bertz CT molecular complexity index is 1090. The summed E-state index contributed by atoms with van der Waals surface area (Å²) in [7, 11) is 0. The zero-order valence-electron chi connectivity index (χ0n) is 19.5. The number of hydrogen-bond donors (Lipinski definition) is 10. The fraction of sp³-hybridized carbons (Fsp3) is 0.700. The number of aromatic amines is 1. The molecule has 2 fully saturated rings. The van der Waals surface area contributed by atoms with Crippen molar-refractivity contribution in [2.45, 2.75) is 74.1 Å². The summed E-state index contributed by atoms with van der Waals surface area (Å²) in [5.74, 6) is -4.72. The largest absolute Gasteiger partial charge is 0.394 e. The predicted molar refractivity (Wildman–Crippen MR) is 117 cm³/mol. The van der Waals surface area contributed by atoms with E-state index < -0.39 is 103 Å². The molecule has 0 radical (unpaired) electrons. The number of nitrogens with zero attached hydrogens (tertiary/aromatic N) is 1. The van der Waals surface area contributed by atoms with Crippen LogP contribution < -0.4 is 21.9 Å². The van der Waals surface area contributed by atoms with Crippen LogP contribution in [0.1, 0.15) is 19.6 Å². The zero-order valence-corrected chi connectivity index (χ0v) is 19.5. The monoisotopic (exact) mass is 534 g/mol. The van der Waals surface area contributed by atoms with Crippen LogP contribution in [0.15, 0.2) is 21.9 Å². The molecule has 0 bridgehead atoms. The van der Waals surface area contributed by atoms with Crippen LogP contribution in [0.5, 0.6) is 0 Å². The Balaban J connectivity index is 1.72. The summed E-state index contributed by atoms with van der Waals surface area (Å²) >= 11 is 0. The summed E-state index contributed by atoms with van der Waals surface area (Å²) in [6.07, 6.45) is -12.9. The van der Waals surface area contributed by atoms with Crippen LogP contribution in [0.2, 0.25) is 0 Å². The summed E-state index contributed by atoms with van der Waals surface area (Å²) in [5, 5.41) is 75.7. The molecule has 0 spiro atoms. The van der Waals surface area contributed by atoms with Gasteiger partial charge in [-0.1, -0.05) is 0 Å². The summed E-state index contributed by atoms with van der Waals surface area (Å²) < 4.78 is 11.6. The van der Waals surface area contributed by atoms with Crippen LogP contribution in [-0.4, -0.2) is 125 Å². The molecule has 0 unspecified atom stereocenters. The molecule has 3 heterocycles. The minimum atomic E-state index is -2.80. The average Bonchev–Trinajstić information content (AvgIpc) is 3.11. The normalized spacial score (nSPS) is 35.5. The van der Waals surface area contributed by atoms with Gasteiger partial charge >= 0.3 is 5.69 Å². The maximum Gasteiger partial charge on any atom is 0.330 e. The minimum absolute atomic E-state index is 0.533. The van der Waals surface area contributed by atoms with Gasteiger partial charge < -0.3 is 55.9 Å². The second-order valence-electron chi connectivity index (χ2n) is 8.88. The van der Waals surface area contributed by atoms with Gasteiger partial charge in [-0.15, -0.1) is 0 Å². The van der Waals surface area contributed by atoms with Crippen LogP contribution in [-0.2, 0) is 19.1 Å². The van der Waals surface area contributed by atoms with E-state index >= 15 is 0 Å². The van der Waals surface area contributed by atoms with Gasteiger partial charge in [0.15, 0.2) is 6.23 Å². The average molecular weight is 534 g/mol. The van der Waals surface area contributed by atoms with Crippen molar-refractivity contribution in [3.8, 4) is 0 Å². The van der Waals surface area contributed by atoms with E-state index in [4.69, 9.17) is 14.6 Å². The number of nitrogens with one attached hydrogen (secondary N) is 3. The van der Waals surface area contributed by atoms with E-state index in [0.717, 1.165) is 23.8 Å². The lowest BCUT2D eigenvalue weighted by Gasteiger charge is -2.45. The van der Waals surface area contributed by atoms with Crippen LogP contribution in [0.3, 0.4) is 0 Å². The lowest BCUT2D eigenvalue weighted by Crippen LogP contribution is -2.68. The third kappa shape index (κ3) is 6.06. The van der Waals surface area contributed by atoms with Crippen LogP contribution in [0, 0.1) is 0 Å². The van der Waals surface area contributed by atoms with E-state index in [-0.39, 0.29) is 0 Å².